The molecule has 4 aromatic rings. The normalized spacial score (nSPS) is 14.9. The van der Waals surface area contributed by atoms with Gasteiger partial charge in [0.05, 0.1) is 6.54 Å². The molecule has 1 fully saturated rings. The second-order valence-corrected chi connectivity index (χ2v) is 8.52. The van der Waals surface area contributed by atoms with Crippen molar-refractivity contribution in [1.29, 1.82) is 5.41 Å². The number of nitrogen functional groups attached to an aromatic ring is 1. The van der Waals surface area contributed by atoms with Crippen LogP contribution in [0.3, 0.4) is 0 Å². The zero-order valence-corrected chi connectivity index (χ0v) is 17.9. The van der Waals surface area contributed by atoms with Crippen molar-refractivity contribution in [2.45, 2.75) is 13.1 Å². The van der Waals surface area contributed by atoms with Crippen molar-refractivity contribution in [2.24, 2.45) is 5.73 Å². The molecule has 0 spiro atoms. The van der Waals surface area contributed by atoms with Crippen LogP contribution < -0.4 is 5.73 Å². The lowest BCUT2D eigenvalue weighted by Gasteiger charge is -2.34. The number of fused-ring (bicyclic) bond motifs is 2. The average molecular weight is 423 g/mol. The highest BCUT2D eigenvalue weighted by Gasteiger charge is 2.24. The number of piperazine rings is 1. The maximum atomic E-state index is 12.9. The molecule has 0 unspecified atom stereocenters. The Hall–Kier alpha value is -3.70. The fourth-order valence-corrected chi connectivity index (χ4v) is 4.44. The summed E-state index contributed by atoms with van der Waals surface area (Å²) in [6, 6.07) is 26.9. The molecular formula is C27H26N4O. The van der Waals surface area contributed by atoms with Gasteiger partial charge in [0.1, 0.15) is 5.84 Å². The van der Waals surface area contributed by atoms with Gasteiger partial charge in [0.15, 0.2) is 0 Å². The quantitative estimate of drug-likeness (QED) is 0.375. The second-order valence-electron chi connectivity index (χ2n) is 8.52. The number of benzene rings is 4. The summed E-state index contributed by atoms with van der Waals surface area (Å²) in [5.74, 6) is 0.227. The molecule has 1 aliphatic heterocycles. The van der Waals surface area contributed by atoms with Gasteiger partial charge in [-0.2, -0.15) is 0 Å². The van der Waals surface area contributed by atoms with Crippen molar-refractivity contribution in [2.75, 3.05) is 19.6 Å². The monoisotopic (exact) mass is 422 g/mol. The predicted molar refractivity (Wildman–Crippen MR) is 130 cm³/mol. The van der Waals surface area contributed by atoms with Crippen LogP contribution >= 0.6 is 0 Å². The number of amides is 1. The van der Waals surface area contributed by atoms with Crippen LogP contribution in [0.2, 0.25) is 0 Å². The van der Waals surface area contributed by atoms with Crippen molar-refractivity contribution in [3.63, 3.8) is 0 Å². The molecule has 0 aromatic heterocycles. The van der Waals surface area contributed by atoms with E-state index in [1.165, 1.54) is 16.3 Å². The van der Waals surface area contributed by atoms with Crippen LogP contribution in [-0.2, 0) is 17.9 Å². The molecular weight excluding hydrogens is 396 g/mol. The minimum atomic E-state index is 0.0648. The van der Waals surface area contributed by atoms with Crippen molar-refractivity contribution in [1.82, 2.24) is 9.80 Å². The number of rotatable bonds is 5. The Morgan fingerprint density at radius 3 is 2.19 bits per heavy atom. The largest absolute Gasteiger partial charge is 0.384 e. The summed E-state index contributed by atoms with van der Waals surface area (Å²) in [7, 11) is 0. The highest BCUT2D eigenvalue weighted by Crippen LogP contribution is 2.21. The lowest BCUT2D eigenvalue weighted by Crippen LogP contribution is -2.49. The standard InChI is InChI=1S/C27H26N4O/c28-27(29)24-10-9-22-8-6-20(14-25(22)15-24)17-31-12-11-30(18-26(31)32)16-19-5-7-21-3-1-2-4-23(21)13-19/h1-10,13-15H,11-12,16-18H2,(H3,28,29). The van der Waals surface area contributed by atoms with Gasteiger partial charge in [-0.1, -0.05) is 60.7 Å². The molecule has 32 heavy (non-hydrogen) atoms. The Morgan fingerprint density at radius 2 is 1.44 bits per heavy atom. The lowest BCUT2D eigenvalue weighted by atomic mass is 10.0. The Bertz CT molecular complexity index is 1330. The number of nitrogens with one attached hydrogen (secondary N) is 1. The van der Waals surface area contributed by atoms with E-state index in [0.29, 0.717) is 18.7 Å². The molecule has 5 rings (SSSR count). The van der Waals surface area contributed by atoms with Crippen molar-refractivity contribution in [3.05, 3.63) is 95.6 Å². The number of hydrogen-bond acceptors (Lipinski definition) is 3. The van der Waals surface area contributed by atoms with Gasteiger partial charge in [0.2, 0.25) is 5.91 Å². The third-order valence-corrected chi connectivity index (χ3v) is 6.21. The molecule has 4 aromatic carbocycles. The topological polar surface area (TPSA) is 73.4 Å². The maximum Gasteiger partial charge on any atom is 0.237 e. The van der Waals surface area contributed by atoms with E-state index < -0.39 is 0 Å². The summed E-state index contributed by atoms with van der Waals surface area (Å²) in [6.45, 7) is 3.41. The van der Waals surface area contributed by atoms with Crippen molar-refractivity contribution in [3.8, 4) is 0 Å². The number of carbonyl (C=O) groups is 1. The highest BCUT2D eigenvalue weighted by atomic mass is 16.2. The van der Waals surface area contributed by atoms with E-state index in [-0.39, 0.29) is 11.7 Å². The maximum absolute atomic E-state index is 12.9. The number of nitrogens with two attached hydrogens (primary N) is 1. The van der Waals surface area contributed by atoms with Gasteiger partial charge in [-0.15, -0.1) is 0 Å². The Labute approximate surface area is 187 Å². The van der Waals surface area contributed by atoms with E-state index in [9.17, 15) is 4.79 Å². The van der Waals surface area contributed by atoms with Gasteiger partial charge >= 0.3 is 0 Å². The smallest absolute Gasteiger partial charge is 0.237 e. The van der Waals surface area contributed by atoms with Crippen LogP contribution in [0.5, 0.6) is 0 Å². The summed E-state index contributed by atoms with van der Waals surface area (Å²) in [5, 5.41) is 12.3. The number of nitrogens with zero attached hydrogens (tertiary/aromatic N) is 2. The summed E-state index contributed by atoms with van der Waals surface area (Å²) >= 11 is 0. The van der Waals surface area contributed by atoms with E-state index in [0.717, 1.165) is 36.0 Å². The first-order chi connectivity index (χ1) is 15.5. The fourth-order valence-electron chi connectivity index (χ4n) is 4.44. The molecule has 1 heterocycles. The van der Waals surface area contributed by atoms with Gasteiger partial charge in [0, 0.05) is 31.7 Å². The van der Waals surface area contributed by atoms with Crippen LogP contribution in [0.1, 0.15) is 16.7 Å². The summed E-state index contributed by atoms with van der Waals surface area (Å²) < 4.78 is 0. The van der Waals surface area contributed by atoms with E-state index in [4.69, 9.17) is 11.1 Å². The Kier molecular flexibility index (Phi) is 5.33. The number of hydrogen-bond donors (Lipinski definition) is 2. The molecule has 0 radical (unpaired) electrons. The zero-order valence-electron chi connectivity index (χ0n) is 17.9. The highest BCUT2D eigenvalue weighted by molar-refractivity contribution is 5.99. The van der Waals surface area contributed by atoms with E-state index in [1.54, 1.807) is 0 Å². The molecule has 1 aliphatic rings. The van der Waals surface area contributed by atoms with E-state index in [1.807, 2.05) is 23.1 Å². The first kappa shape index (κ1) is 20.2. The van der Waals surface area contributed by atoms with E-state index >= 15 is 0 Å². The van der Waals surface area contributed by atoms with Crippen molar-refractivity contribution >= 4 is 33.3 Å². The third-order valence-electron chi connectivity index (χ3n) is 6.21. The van der Waals surface area contributed by atoms with Crippen LogP contribution in [0, 0.1) is 5.41 Å². The van der Waals surface area contributed by atoms with Crippen LogP contribution in [0.4, 0.5) is 0 Å². The first-order valence-electron chi connectivity index (χ1n) is 10.9. The molecule has 1 saturated heterocycles. The number of carbonyl (C=O) groups excluding carboxylic acids is 1. The van der Waals surface area contributed by atoms with Gasteiger partial charge in [-0.05, 0) is 50.9 Å². The molecule has 5 heteroatoms. The molecule has 3 N–H and O–H groups in total. The van der Waals surface area contributed by atoms with E-state index in [2.05, 4.69) is 65.6 Å². The minimum absolute atomic E-state index is 0.0648. The molecule has 5 nitrogen and oxygen atoms in total. The fraction of sp³-hybridized carbons (Fsp3) is 0.185. The molecule has 0 atom stereocenters. The zero-order chi connectivity index (χ0) is 22.1. The average Bonchev–Trinajstić information content (AvgIpc) is 2.80. The summed E-state index contributed by atoms with van der Waals surface area (Å²) in [5.41, 5.74) is 8.68. The predicted octanol–water partition coefficient (Wildman–Crippen LogP) is 4.12. The van der Waals surface area contributed by atoms with Crippen LogP contribution in [0.15, 0.2) is 78.9 Å². The molecule has 0 bridgehead atoms. The summed E-state index contributed by atoms with van der Waals surface area (Å²) in [6.07, 6.45) is 0. The van der Waals surface area contributed by atoms with Gasteiger partial charge in [0.25, 0.3) is 0 Å². The van der Waals surface area contributed by atoms with Gasteiger partial charge in [-0.3, -0.25) is 15.1 Å². The Morgan fingerprint density at radius 1 is 0.781 bits per heavy atom. The minimum Gasteiger partial charge on any atom is -0.384 e. The lowest BCUT2D eigenvalue weighted by molar-refractivity contribution is -0.136. The first-order valence-corrected chi connectivity index (χ1v) is 10.9. The number of amidine groups is 1. The molecule has 1 amide bonds. The molecule has 0 aliphatic carbocycles. The van der Waals surface area contributed by atoms with Gasteiger partial charge < -0.3 is 10.6 Å². The molecule has 0 saturated carbocycles. The third kappa shape index (κ3) is 4.20. The van der Waals surface area contributed by atoms with Crippen molar-refractivity contribution < 1.29 is 4.79 Å². The SMILES string of the molecule is N=C(N)c1ccc2ccc(CN3CCN(Cc4ccc5ccccc5c4)CC3=O)cc2c1. The molecule has 160 valence electrons. The van der Waals surface area contributed by atoms with Crippen LogP contribution in [0.25, 0.3) is 21.5 Å². The summed E-state index contributed by atoms with van der Waals surface area (Å²) in [4.78, 5) is 17.0. The van der Waals surface area contributed by atoms with Gasteiger partial charge in [-0.25, -0.2) is 0 Å². The van der Waals surface area contributed by atoms with Crippen LogP contribution in [-0.4, -0.2) is 41.2 Å². The second kappa shape index (κ2) is 8.44. The Balaban J connectivity index is 1.25.